The van der Waals surface area contributed by atoms with Crippen molar-refractivity contribution < 1.29 is 15.0 Å². The van der Waals surface area contributed by atoms with Crippen LogP contribution in [0.3, 0.4) is 0 Å². The van der Waals surface area contributed by atoms with Crippen LogP contribution in [0.1, 0.15) is 226 Å². The molecule has 0 saturated heterocycles. The molecule has 4 nitrogen and oxygen atoms in total. The maximum Gasteiger partial charge on any atom is 0.220 e. The van der Waals surface area contributed by atoms with E-state index in [9.17, 15) is 15.0 Å². The number of aliphatic hydroxyl groups excluding tert-OH is 2. The van der Waals surface area contributed by atoms with E-state index in [1.807, 2.05) is 0 Å². The summed E-state index contributed by atoms with van der Waals surface area (Å²) in [5, 5.41) is 22.7. The normalized spacial score (nSPS) is 13.4. The van der Waals surface area contributed by atoms with Crippen molar-refractivity contribution >= 4 is 5.91 Å². The van der Waals surface area contributed by atoms with Crippen LogP contribution in [0.15, 0.2) is 48.6 Å². The van der Waals surface area contributed by atoms with E-state index < -0.39 is 12.1 Å². The number of aliphatic hydroxyl groups is 2. The standard InChI is InChI=1S/C47H87NO3/c1-3-5-7-9-10-11-12-13-14-15-16-17-18-19-20-21-22-23-24-25-26-27-28-29-30-31-32-33-34-35-36-37-38-39-41-43-47(51)48-45(44-49)46(50)42-40-8-6-4-2/h5,7,10-11,13-14,16-17,45-46,49-50H,3-4,6,8-9,12,15,18-44H2,1-2H3,(H,48,51)/b7-5-,11-10-,14-13-,17-16-. The lowest BCUT2D eigenvalue weighted by atomic mass is 10.0. The van der Waals surface area contributed by atoms with Crippen LogP contribution in [-0.4, -0.2) is 34.9 Å². The zero-order valence-electron chi connectivity index (χ0n) is 34.1. The van der Waals surface area contributed by atoms with Gasteiger partial charge in [0.15, 0.2) is 0 Å². The number of nitrogens with one attached hydrogen (secondary N) is 1. The third-order valence-corrected chi connectivity index (χ3v) is 10.1. The summed E-state index contributed by atoms with van der Waals surface area (Å²) in [6.45, 7) is 4.14. The summed E-state index contributed by atoms with van der Waals surface area (Å²) in [5.41, 5.74) is 0. The van der Waals surface area contributed by atoms with Crippen LogP contribution in [0.4, 0.5) is 0 Å². The second-order valence-corrected chi connectivity index (χ2v) is 15.1. The molecule has 0 aliphatic carbocycles. The third-order valence-electron chi connectivity index (χ3n) is 10.1. The highest BCUT2D eigenvalue weighted by molar-refractivity contribution is 5.76. The molecule has 1 amide bonds. The van der Waals surface area contributed by atoms with Crippen LogP contribution in [0.2, 0.25) is 0 Å². The molecule has 51 heavy (non-hydrogen) atoms. The summed E-state index contributed by atoms with van der Waals surface area (Å²) in [6.07, 6.45) is 58.3. The molecule has 0 aromatic carbocycles. The quantitative estimate of drug-likeness (QED) is 0.0437. The first kappa shape index (κ1) is 49.4. The molecule has 3 N–H and O–H groups in total. The number of unbranched alkanes of at least 4 members (excludes halogenated alkanes) is 25. The van der Waals surface area contributed by atoms with Crippen molar-refractivity contribution in [2.45, 2.75) is 238 Å². The summed E-state index contributed by atoms with van der Waals surface area (Å²) in [5.74, 6) is -0.0389. The van der Waals surface area contributed by atoms with Crippen LogP contribution in [0.5, 0.6) is 0 Å². The SMILES string of the molecule is CC/C=C\C/C=C\C/C=C\C/C=C\CCCCCCCCCCCCCCCCCCCCCCCCC(=O)NC(CO)C(O)CCCCCC. The zero-order chi connectivity index (χ0) is 37.1. The number of rotatable bonds is 40. The minimum Gasteiger partial charge on any atom is -0.394 e. The molecule has 0 aromatic rings. The van der Waals surface area contributed by atoms with Crippen molar-refractivity contribution in [3.63, 3.8) is 0 Å². The van der Waals surface area contributed by atoms with E-state index in [4.69, 9.17) is 0 Å². The van der Waals surface area contributed by atoms with Gasteiger partial charge < -0.3 is 15.5 Å². The molecule has 2 atom stereocenters. The van der Waals surface area contributed by atoms with E-state index in [1.54, 1.807) is 0 Å². The predicted octanol–water partition coefficient (Wildman–Crippen LogP) is 14.0. The molecule has 2 unspecified atom stereocenters. The number of carbonyl (C=O) groups is 1. The lowest BCUT2D eigenvalue weighted by molar-refractivity contribution is -0.123. The first-order valence-corrected chi connectivity index (χ1v) is 22.3. The fraction of sp³-hybridized carbons (Fsp3) is 0.809. The Labute approximate surface area is 318 Å². The molecule has 0 heterocycles. The minimum atomic E-state index is -0.653. The highest BCUT2D eigenvalue weighted by Gasteiger charge is 2.19. The van der Waals surface area contributed by atoms with Gasteiger partial charge in [-0.15, -0.1) is 0 Å². The zero-order valence-corrected chi connectivity index (χ0v) is 34.1. The molecular formula is C47H87NO3. The average Bonchev–Trinajstić information content (AvgIpc) is 3.13. The van der Waals surface area contributed by atoms with Gasteiger partial charge in [0, 0.05) is 6.42 Å². The molecule has 0 bridgehead atoms. The Morgan fingerprint density at radius 2 is 0.863 bits per heavy atom. The lowest BCUT2D eigenvalue weighted by Gasteiger charge is -2.22. The van der Waals surface area contributed by atoms with Crippen LogP contribution in [0.25, 0.3) is 0 Å². The van der Waals surface area contributed by atoms with Crippen LogP contribution in [0, 0.1) is 0 Å². The van der Waals surface area contributed by atoms with Crippen LogP contribution in [-0.2, 0) is 4.79 Å². The molecule has 0 spiro atoms. The molecule has 0 aliphatic heterocycles. The Bertz CT molecular complexity index is 816. The van der Waals surface area contributed by atoms with Gasteiger partial charge in [-0.3, -0.25) is 4.79 Å². The van der Waals surface area contributed by atoms with Gasteiger partial charge in [-0.2, -0.15) is 0 Å². The van der Waals surface area contributed by atoms with E-state index in [2.05, 4.69) is 67.8 Å². The van der Waals surface area contributed by atoms with Gasteiger partial charge in [-0.05, 0) is 51.4 Å². The van der Waals surface area contributed by atoms with E-state index in [-0.39, 0.29) is 12.5 Å². The maximum absolute atomic E-state index is 12.2. The third kappa shape index (κ3) is 39.4. The number of carbonyl (C=O) groups excluding carboxylic acids is 1. The lowest BCUT2D eigenvalue weighted by Crippen LogP contribution is -2.45. The second kappa shape index (κ2) is 42.8. The van der Waals surface area contributed by atoms with E-state index >= 15 is 0 Å². The van der Waals surface area contributed by atoms with Gasteiger partial charge in [0.2, 0.25) is 5.91 Å². The average molecular weight is 714 g/mol. The monoisotopic (exact) mass is 714 g/mol. The Kier molecular flexibility index (Phi) is 41.4. The van der Waals surface area contributed by atoms with Crippen molar-refractivity contribution in [1.29, 1.82) is 0 Å². The highest BCUT2D eigenvalue weighted by atomic mass is 16.3. The molecule has 0 rings (SSSR count). The predicted molar refractivity (Wildman–Crippen MR) is 225 cm³/mol. The summed E-state index contributed by atoms with van der Waals surface area (Å²) < 4.78 is 0. The topological polar surface area (TPSA) is 69.6 Å². The van der Waals surface area contributed by atoms with Gasteiger partial charge in [-0.25, -0.2) is 0 Å². The molecule has 4 heteroatoms. The Balaban J connectivity index is 3.32. The van der Waals surface area contributed by atoms with Gasteiger partial charge in [0.1, 0.15) is 0 Å². The molecule has 0 radical (unpaired) electrons. The number of hydrogen-bond acceptors (Lipinski definition) is 3. The number of amides is 1. The van der Waals surface area contributed by atoms with Gasteiger partial charge in [-0.1, -0.05) is 217 Å². The maximum atomic E-state index is 12.2. The van der Waals surface area contributed by atoms with Crippen molar-refractivity contribution in [1.82, 2.24) is 5.32 Å². The van der Waals surface area contributed by atoms with Crippen LogP contribution < -0.4 is 5.32 Å². The molecule has 0 saturated carbocycles. The van der Waals surface area contributed by atoms with Crippen molar-refractivity contribution in [2.24, 2.45) is 0 Å². The fourth-order valence-corrected chi connectivity index (χ4v) is 6.70. The smallest absolute Gasteiger partial charge is 0.220 e. The van der Waals surface area contributed by atoms with Crippen LogP contribution >= 0.6 is 0 Å². The van der Waals surface area contributed by atoms with E-state index in [0.29, 0.717) is 12.8 Å². The minimum absolute atomic E-state index is 0.0389. The molecule has 298 valence electrons. The summed E-state index contributed by atoms with van der Waals surface area (Å²) in [7, 11) is 0. The summed E-state index contributed by atoms with van der Waals surface area (Å²) in [4.78, 5) is 12.2. The molecule has 0 aliphatic rings. The highest BCUT2D eigenvalue weighted by Crippen LogP contribution is 2.16. The van der Waals surface area contributed by atoms with Gasteiger partial charge in [0.05, 0.1) is 18.8 Å². The van der Waals surface area contributed by atoms with Crippen molar-refractivity contribution in [3.8, 4) is 0 Å². The Hall–Kier alpha value is -1.65. The Morgan fingerprint density at radius 3 is 1.27 bits per heavy atom. The van der Waals surface area contributed by atoms with E-state index in [0.717, 1.165) is 57.8 Å². The summed E-state index contributed by atoms with van der Waals surface area (Å²) in [6, 6.07) is -0.530. The number of hydrogen-bond donors (Lipinski definition) is 3. The van der Waals surface area contributed by atoms with Crippen molar-refractivity contribution in [3.05, 3.63) is 48.6 Å². The molecular weight excluding hydrogens is 627 g/mol. The van der Waals surface area contributed by atoms with Gasteiger partial charge in [0.25, 0.3) is 0 Å². The second-order valence-electron chi connectivity index (χ2n) is 15.1. The first-order valence-electron chi connectivity index (χ1n) is 22.3. The summed E-state index contributed by atoms with van der Waals surface area (Å²) >= 11 is 0. The number of allylic oxidation sites excluding steroid dienone is 8. The van der Waals surface area contributed by atoms with E-state index in [1.165, 1.54) is 141 Å². The largest absolute Gasteiger partial charge is 0.394 e. The fourth-order valence-electron chi connectivity index (χ4n) is 6.70. The Morgan fingerprint density at radius 1 is 0.490 bits per heavy atom. The first-order chi connectivity index (χ1) is 25.2. The molecule has 0 fully saturated rings. The van der Waals surface area contributed by atoms with Crippen molar-refractivity contribution in [2.75, 3.05) is 6.61 Å². The molecule has 0 aromatic heterocycles. The van der Waals surface area contributed by atoms with Gasteiger partial charge >= 0.3 is 0 Å².